The topological polar surface area (TPSA) is 107 Å². The van der Waals surface area contributed by atoms with Crippen LogP contribution >= 0.6 is 27.3 Å². The Morgan fingerprint density at radius 3 is 2.74 bits per heavy atom. The normalized spacial score (nSPS) is 11.1. The Kier molecular flexibility index (Phi) is 5.84. The molecule has 10 heteroatoms. The van der Waals surface area contributed by atoms with E-state index >= 15 is 0 Å². The number of thiazole rings is 1. The Bertz CT molecular complexity index is 1420. The zero-order valence-electron chi connectivity index (χ0n) is 16.6. The van der Waals surface area contributed by atoms with E-state index in [1.807, 2.05) is 13.8 Å². The molecule has 0 fully saturated rings. The van der Waals surface area contributed by atoms with E-state index in [9.17, 15) is 14.4 Å². The van der Waals surface area contributed by atoms with Gasteiger partial charge in [-0.2, -0.15) is 5.10 Å². The third-order valence-electron chi connectivity index (χ3n) is 4.55. The first-order valence-corrected chi connectivity index (χ1v) is 11.0. The molecule has 0 atom stereocenters. The van der Waals surface area contributed by atoms with E-state index in [1.54, 1.807) is 24.3 Å². The van der Waals surface area contributed by atoms with Gasteiger partial charge < -0.3 is 9.73 Å². The number of fused-ring (bicyclic) bond motifs is 1. The largest absolute Gasteiger partial charge is 0.422 e. The molecule has 0 saturated carbocycles. The van der Waals surface area contributed by atoms with Crippen molar-refractivity contribution in [3.63, 3.8) is 0 Å². The third kappa shape index (κ3) is 4.49. The number of aryl methyl sites for hydroxylation is 2. The Hall–Kier alpha value is -3.11. The van der Waals surface area contributed by atoms with Crippen LogP contribution in [0.25, 0.3) is 21.5 Å². The maximum absolute atomic E-state index is 12.5. The summed E-state index contributed by atoms with van der Waals surface area (Å²) in [6.45, 7) is 4.07. The molecule has 0 aliphatic rings. The van der Waals surface area contributed by atoms with Gasteiger partial charge in [0.05, 0.1) is 22.1 Å². The van der Waals surface area contributed by atoms with Crippen LogP contribution in [-0.4, -0.2) is 27.2 Å². The van der Waals surface area contributed by atoms with Gasteiger partial charge in [-0.25, -0.2) is 14.5 Å². The van der Waals surface area contributed by atoms with Crippen molar-refractivity contribution in [2.45, 2.75) is 20.4 Å². The fourth-order valence-corrected chi connectivity index (χ4v) is 4.39. The molecule has 31 heavy (non-hydrogen) atoms. The monoisotopic (exact) mass is 500 g/mol. The second-order valence-corrected chi connectivity index (χ2v) is 8.93. The lowest BCUT2D eigenvalue weighted by molar-refractivity contribution is 0.0948. The second kappa shape index (κ2) is 8.56. The molecule has 4 rings (SSSR count). The molecule has 1 aromatic carbocycles. The summed E-state index contributed by atoms with van der Waals surface area (Å²) in [6, 6.07) is 9.75. The van der Waals surface area contributed by atoms with Gasteiger partial charge in [0, 0.05) is 22.5 Å². The van der Waals surface area contributed by atoms with Crippen LogP contribution in [0.15, 0.2) is 54.9 Å². The quantitative estimate of drug-likeness (QED) is 0.421. The van der Waals surface area contributed by atoms with E-state index in [0.717, 1.165) is 20.1 Å². The fraction of sp³-hybridized carbons (Fsp3) is 0.190. The van der Waals surface area contributed by atoms with E-state index in [-0.39, 0.29) is 24.2 Å². The van der Waals surface area contributed by atoms with E-state index in [2.05, 4.69) is 31.3 Å². The van der Waals surface area contributed by atoms with Crippen molar-refractivity contribution in [2.75, 3.05) is 6.54 Å². The van der Waals surface area contributed by atoms with Crippen molar-refractivity contribution in [2.24, 2.45) is 0 Å². The molecule has 0 aliphatic heterocycles. The van der Waals surface area contributed by atoms with Crippen molar-refractivity contribution in [3.8, 4) is 10.6 Å². The summed E-state index contributed by atoms with van der Waals surface area (Å²) in [7, 11) is 0. The highest BCUT2D eigenvalue weighted by Gasteiger charge is 2.14. The fourth-order valence-electron chi connectivity index (χ4n) is 3.12. The van der Waals surface area contributed by atoms with Crippen LogP contribution in [0.1, 0.15) is 21.1 Å². The predicted molar refractivity (Wildman–Crippen MR) is 122 cm³/mol. The average Bonchev–Trinajstić information content (AvgIpc) is 3.07. The minimum atomic E-state index is -0.722. The minimum Gasteiger partial charge on any atom is -0.422 e. The number of rotatable bonds is 5. The van der Waals surface area contributed by atoms with Gasteiger partial charge in [-0.1, -0.05) is 15.9 Å². The van der Waals surface area contributed by atoms with Crippen LogP contribution in [0.3, 0.4) is 0 Å². The second-order valence-electron chi connectivity index (χ2n) is 6.81. The first-order chi connectivity index (χ1) is 14.8. The number of carbonyl (C=O) groups excluding carboxylic acids is 1. The van der Waals surface area contributed by atoms with Crippen LogP contribution in [0, 0.1) is 13.8 Å². The van der Waals surface area contributed by atoms with Crippen molar-refractivity contribution >= 4 is 44.1 Å². The molecular formula is C21H17BrN4O4S. The van der Waals surface area contributed by atoms with Gasteiger partial charge in [-0.05, 0) is 44.2 Å². The number of nitrogens with zero attached hydrogens (tertiary/aromatic N) is 3. The van der Waals surface area contributed by atoms with Gasteiger partial charge in [-0.15, -0.1) is 11.3 Å². The summed E-state index contributed by atoms with van der Waals surface area (Å²) in [5.74, 6) is -0.575. The molecule has 0 bridgehead atoms. The van der Waals surface area contributed by atoms with Gasteiger partial charge >= 0.3 is 5.63 Å². The van der Waals surface area contributed by atoms with Crippen LogP contribution in [0.2, 0.25) is 0 Å². The number of amides is 1. The number of benzene rings is 1. The maximum atomic E-state index is 12.5. The number of aromatic nitrogens is 3. The summed E-state index contributed by atoms with van der Waals surface area (Å²) >= 11 is 4.86. The van der Waals surface area contributed by atoms with Gasteiger partial charge in [-0.3, -0.25) is 9.59 Å². The lowest BCUT2D eigenvalue weighted by atomic mass is 10.2. The van der Waals surface area contributed by atoms with Crippen LogP contribution in [0.5, 0.6) is 0 Å². The summed E-state index contributed by atoms with van der Waals surface area (Å²) in [5.41, 5.74) is 0.784. The zero-order chi connectivity index (χ0) is 22.1. The molecule has 0 radical (unpaired) electrons. The van der Waals surface area contributed by atoms with Gasteiger partial charge in [0.25, 0.3) is 11.5 Å². The average molecular weight is 501 g/mol. The Morgan fingerprint density at radius 1 is 1.19 bits per heavy atom. The molecule has 1 amide bonds. The van der Waals surface area contributed by atoms with E-state index in [1.165, 1.54) is 28.2 Å². The Labute approximate surface area is 188 Å². The number of nitrogens with one attached hydrogen (secondary N) is 1. The van der Waals surface area contributed by atoms with Gasteiger partial charge in [0.2, 0.25) is 0 Å². The first kappa shape index (κ1) is 21.1. The molecule has 8 nitrogen and oxygen atoms in total. The molecule has 0 unspecified atom stereocenters. The third-order valence-corrected chi connectivity index (χ3v) is 6.14. The molecule has 0 spiro atoms. The number of carbonyl (C=O) groups is 1. The van der Waals surface area contributed by atoms with E-state index in [4.69, 9.17) is 4.42 Å². The van der Waals surface area contributed by atoms with Crippen LogP contribution in [0.4, 0.5) is 0 Å². The highest BCUT2D eigenvalue weighted by atomic mass is 79.9. The molecule has 0 aliphatic carbocycles. The van der Waals surface area contributed by atoms with E-state index < -0.39 is 11.5 Å². The van der Waals surface area contributed by atoms with Crippen molar-refractivity contribution in [3.05, 3.63) is 77.9 Å². The highest BCUT2D eigenvalue weighted by molar-refractivity contribution is 9.10. The zero-order valence-corrected chi connectivity index (χ0v) is 19.0. The highest BCUT2D eigenvalue weighted by Crippen LogP contribution is 2.27. The molecule has 4 aromatic rings. The summed E-state index contributed by atoms with van der Waals surface area (Å²) in [5, 5.41) is 8.58. The van der Waals surface area contributed by atoms with Gasteiger partial charge in [0.15, 0.2) is 0 Å². The molecule has 3 heterocycles. The van der Waals surface area contributed by atoms with Crippen molar-refractivity contribution in [1.29, 1.82) is 0 Å². The molecule has 1 N–H and O–H groups in total. The van der Waals surface area contributed by atoms with E-state index in [0.29, 0.717) is 16.7 Å². The first-order valence-electron chi connectivity index (χ1n) is 9.36. The summed E-state index contributed by atoms with van der Waals surface area (Å²) in [4.78, 5) is 42.1. The number of hydrogen-bond acceptors (Lipinski definition) is 7. The lowest BCUT2D eigenvalue weighted by Gasteiger charge is -2.08. The minimum absolute atomic E-state index is 0.101. The Morgan fingerprint density at radius 2 is 2.00 bits per heavy atom. The standard InChI is InChI=1S/C21H17BrN4O4S/c1-11-19(31-12(2)24-11)16-4-6-18(27)26(25-16)8-7-23-20(28)15-10-13-9-14(22)3-5-17(13)30-21(15)29/h3-6,9-10H,7-8H2,1-2H3,(H,23,28). The lowest BCUT2D eigenvalue weighted by Crippen LogP contribution is -2.33. The number of halogens is 1. The molecular weight excluding hydrogens is 484 g/mol. The Balaban J connectivity index is 1.50. The van der Waals surface area contributed by atoms with Crippen LogP contribution in [-0.2, 0) is 6.54 Å². The molecule has 3 aromatic heterocycles. The summed E-state index contributed by atoms with van der Waals surface area (Å²) < 4.78 is 7.31. The van der Waals surface area contributed by atoms with Crippen molar-refractivity contribution in [1.82, 2.24) is 20.1 Å². The predicted octanol–water partition coefficient (Wildman–Crippen LogP) is 3.28. The molecule has 0 saturated heterocycles. The van der Waals surface area contributed by atoms with Crippen molar-refractivity contribution < 1.29 is 9.21 Å². The van der Waals surface area contributed by atoms with Gasteiger partial charge in [0.1, 0.15) is 16.8 Å². The molecule has 158 valence electrons. The smallest absolute Gasteiger partial charge is 0.349 e. The van der Waals surface area contributed by atoms with Crippen LogP contribution < -0.4 is 16.5 Å². The summed E-state index contributed by atoms with van der Waals surface area (Å²) in [6.07, 6.45) is 0. The maximum Gasteiger partial charge on any atom is 0.349 e. The SMILES string of the molecule is Cc1nc(C)c(-c2ccc(=O)n(CCNC(=O)c3cc4cc(Br)ccc4oc3=O)n2)s1. The number of hydrogen-bond donors (Lipinski definition) is 1.